The molecule has 1 aromatic heterocycles. The fourth-order valence-corrected chi connectivity index (χ4v) is 1.94. The van der Waals surface area contributed by atoms with Crippen LogP contribution in [0.2, 0.25) is 0 Å². The number of hydrogen-bond acceptors (Lipinski definition) is 1. The predicted molar refractivity (Wildman–Crippen MR) is 72.6 cm³/mol. The summed E-state index contributed by atoms with van der Waals surface area (Å²) in [4.78, 5) is 0. The van der Waals surface area contributed by atoms with Gasteiger partial charge in [-0.2, -0.15) is 0 Å². The maximum absolute atomic E-state index is 5.91. The van der Waals surface area contributed by atoms with Crippen LogP contribution in [0.3, 0.4) is 0 Å². The van der Waals surface area contributed by atoms with Crippen molar-refractivity contribution in [2.24, 2.45) is 0 Å². The van der Waals surface area contributed by atoms with Crippen molar-refractivity contribution in [3.63, 3.8) is 0 Å². The molecule has 0 saturated heterocycles. The first kappa shape index (κ1) is 10.8. The Hall–Kier alpha value is -2.35. The molecular formula is C16H13O2+. The Morgan fingerprint density at radius 3 is 2.44 bits per heavy atom. The number of methoxy groups -OCH3 is 1. The van der Waals surface area contributed by atoms with Crippen molar-refractivity contribution in [3.8, 4) is 17.1 Å². The van der Waals surface area contributed by atoms with Gasteiger partial charge in [-0.25, -0.2) is 4.42 Å². The van der Waals surface area contributed by atoms with E-state index in [1.54, 1.807) is 7.11 Å². The Balaban J connectivity index is 2.15. The van der Waals surface area contributed by atoms with E-state index in [-0.39, 0.29) is 0 Å². The molecule has 2 nitrogen and oxygen atoms in total. The number of fused-ring (bicyclic) bond motifs is 1. The minimum Gasteiger partial charge on any atom is -0.496 e. The molecule has 2 heteroatoms. The molecular weight excluding hydrogens is 224 g/mol. The normalized spacial score (nSPS) is 10.5. The average molecular weight is 237 g/mol. The van der Waals surface area contributed by atoms with Crippen molar-refractivity contribution in [2.75, 3.05) is 7.11 Å². The lowest BCUT2D eigenvalue weighted by Gasteiger charge is -1.97. The number of hydrogen-bond donors (Lipinski definition) is 0. The van der Waals surface area contributed by atoms with Gasteiger partial charge in [0.1, 0.15) is 5.75 Å². The van der Waals surface area contributed by atoms with Gasteiger partial charge in [0.2, 0.25) is 0 Å². The molecule has 0 spiro atoms. The van der Waals surface area contributed by atoms with Crippen molar-refractivity contribution < 1.29 is 9.15 Å². The number of ether oxygens (including phenoxy) is 1. The summed E-state index contributed by atoms with van der Waals surface area (Å²) >= 11 is 0. The smallest absolute Gasteiger partial charge is 0.364 e. The summed E-state index contributed by atoms with van der Waals surface area (Å²) in [6.07, 6.45) is 0. The van der Waals surface area contributed by atoms with Crippen molar-refractivity contribution in [3.05, 3.63) is 60.7 Å². The SMILES string of the molecule is COc1ccc2ccc(-c3ccccc3)[o+]c2c1. The van der Waals surface area contributed by atoms with Crippen LogP contribution in [0.5, 0.6) is 5.75 Å². The highest BCUT2D eigenvalue weighted by Crippen LogP contribution is 2.26. The van der Waals surface area contributed by atoms with Crippen LogP contribution in [0.1, 0.15) is 0 Å². The fourth-order valence-electron chi connectivity index (χ4n) is 1.94. The van der Waals surface area contributed by atoms with Crippen LogP contribution in [0.25, 0.3) is 22.3 Å². The molecule has 0 radical (unpaired) electrons. The predicted octanol–water partition coefficient (Wildman–Crippen LogP) is 4.39. The second-order valence-corrected chi connectivity index (χ2v) is 4.07. The second-order valence-electron chi connectivity index (χ2n) is 4.07. The molecule has 3 aromatic rings. The molecule has 0 aliphatic heterocycles. The second kappa shape index (κ2) is 4.49. The summed E-state index contributed by atoms with van der Waals surface area (Å²) in [6.45, 7) is 0. The Labute approximate surface area is 105 Å². The van der Waals surface area contributed by atoms with Crippen LogP contribution in [0.15, 0.2) is 65.1 Å². The summed E-state index contributed by atoms with van der Waals surface area (Å²) in [7, 11) is 1.65. The van der Waals surface area contributed by atoms with Crippen molar-refractivity contribution in [1.29, 1.82) is 0 Å². The third-order valence-electron chi connectivity index (χ3n) is 2.91. The van der Waals surface area contributed by atoms with E-state index in [2.05, 4.69) is 6.07 Å². The van der Waals surface area contributed by atoms with Gasteiger partial charge < -0.3 is 4.74 Å². The minimum atomic E-state index is 0.802. The Kier molecular flexibility index (Phi) is 2.69. The molecule has 0 atom stereocenters. The van der Waals surface area contributed by atoms with Gasteiger partial charge in [0.25, 0.3) is 0 Å². The maximum Gasteiger partial charge on any atom is 0.364 e. The Bertz CT molecular complexity index is 675. The van der Waals surface area contributed by atoms with Gasteiger partial charge in [0, 0.05) is 6.07 Å². The highest BCUT2D eigenvalue weighted by molar-refractivity contribution is 5.80. The lowest BCUT2D eigenvalue weighted by atomic mass is 10.1. The largest absolute Gasteiger partial charge is 0.496 e. The van der Waals surface area contributed by atoms with Gasteiger partial charge >= 0.3 is 11.3 Å². The lowest BCUT2D eigenvalue weighted by molar-refractivity contribution is 0.414. The van der Waals surface area contributed by atoms with Crippen LogP contribution < -0.4 is 4.74 Å². The Morgan fingerprint density at radius 2 is 1.67 bits per heavy atom. The van der Waals surface area contributed by atoms with Crippen molar-refractivity contribution in [1.82, 2.24) is 0 Å². The van der Waals surface area contributed by atoms with Crippen LogP contribution in [-0.2, 0) is 0 Å². The van der Waals surface area contributed by atoms with Crippen LogP contribution >= 0.6 is 0 Å². The molecule has 18 heavy (non-hydrogen) atoms. The zero-order chi connectivity index (χ0) is 12.4. The highest BCUT2D eigenvalue weighted by Gasteiger charge is 2.14. The van der Waals surface area contributed by atoms with Crippen LogP contribution in [-0.4, -0.2) is 7.11 Å². The van der Waals surface area contributed by atoms with Gasteiger partial charge in [-0.1, -0.05) is 18.2 Å². The van der Waals surface area contributed by atoms with Crippen molar-refractivity contribution >= 4 is 11.0 Å². The van der Waals surface area contributed by atoms with Gasteiger partial charge in [-0.3, -0.25) is 0 Å². The molecule has 1 heterocycles. The molecule has 0 saturated carbocycles. The number of rotatable bonds is 2. The summed E-state index contributed by atoms with van der Waals surface area (Å²) in [5.74, 6) is 1.66. The molecule has 3 rings (SSSR count). The standard InChI is InChI=1S/C16H13O2/c1-17-14-9-7-13-8-10-15(18-16(13)11-14)12-5-3-2-4-6-12/h2-11H,1H3/q+1. The third kappa shape index (κ3) is 1.93. The first-order chi connectivity index (χ1) is 8.86. The first-order valence-electron chi connectivity index (χ1n) is 5.83. The summed E-state index contributed by atoms with van der Waals surface area (Å²) in [5, 5.41) is 1.07. The van der Waals surface area contributed by atoms with Crippen LogP contribution in [0, 0.1) is 0 Å². The topological polar surface area (TPSA) is 20.5 Å². The summed E-state index contributed by atoms with van der Waals surface area (Å²) in [6, 6.07) is 19.9. The van der Waals surface area contributed by atoms with Gasteiger partial charge in [-0.15, -0.1) is 0 Å². The Morgan fingerprint density at radius 1 is 0.889 bits per heavy atom. The van der Waals surface area contributed by atoms with Gasteiger partial charge in [-0.05, 0) is 30.3 Å². The molecule has 0 aliphatic rings. The maximum atomic E-state index is 5.91. The van der Waals surface area contributed by atoms with Gasteiger partial charge in [0.15, 0.2) is 0 Å². The molecule has 2 aromatic carbocycles. The molecule has 0 bridgehead atoms. The highest BCUT2D eigenvalue weighted by atomic mass is 16.5. The van der Waals surface area contributed by atoms with E-state index in [0.717, 1.165) is 28.0 Å². The van der Waals surface area contributed by atoms with E-state index in [0.29, 0.717) is 0 Å². The molecule has 0 fully saturated rings. The lowest BCUT2D eigenvalue weighted by Crippen LogP contribution is -1.83. The van der Waals surface area contributed by atoms with E-state index in [1.165, 1.54) is 0 Å². The first-order valence-corrected chi connectivity index (χ1v) is 5.83. The molecule has 0 unspecified atom stereocenters. The van der Waals surface area contributed by atoms with Crippen LogP contribution in [0.4, 0.5) is 0 Å². The summed E-state index contributed by atoms with van der Waals surface area (Å²) < 4.78 is 11.1. The monoisotopic (exact) mass is 237 g/mol. The van der Waals surface area contributed by atoms with E-state index in [9.17, 15) is 0 Å². The quantitative estimate of drug-likeness (QED) is 0.616. The zero-order valence-electron chi connectivity index (χ0n) is 10.1. The van der Waals surface area contributed by atoms with E-state index < -0.39 is 0 Å². The van der Waals surface area contributed by atoms with E-state index >= 15 is 0 Å². The minimum absolute atomic E-state index is 0.802. The van der Waals surface area contributed by atoms with E-state index in [4.69, 9.17) is 9.15 Å². The average Bonchev–Trinajstić information content (AvgIpc) is 2.47. The zero-order valence-corrected chi connectivity index (χ0v) is 10.1. The van der Waals surface area contributed by atoms with E-state index in [1.807, 2.05) is 54.6 Å². The molecule has 0 amide bonds. The van der Waals surface area contributed by atoms with Crippen molar-refractivity contribution in [2.45, 2.75) is 0 Å². The third-order valence-corrected chi connectivity index (χ3v) is 2.91. The summed E-state index contributed by atoms with van der Waals surface area (Å²) in [5.41, 5.74) is 1.90. The molecule has 0 N–H and O–H groups in total. The fraction of sp³-hybridized carbons (Fsp3) is 0.0625. The molecule has 88 valence electrons. The molecule has 0 aliphatic carbocycles. The number of benzene rings is 2. The van der Waals surface area contributed by atoms with Gasteiger partial charge in [0.05, 0.1) is 24.1 Å².